The van der Waals surface area contributed by atoms with Gasteiger partial charge < -0.3 is 9.47 Å². The van der Waals surface area contributed by atoms with Gasteiger partial charge in [0.05, 0.1) is 10.9 Å². The van der Waals surface area contributed by atoms with Crippen LogP contribution in [0.25, 0.3) is 0 Å². The standard InChI is InChI=1S/C21H29N3O3S/c1-16-9-10-17(2)20(15-16)28(26,27)22-12-11-21(25)24-14-5-4-7-19(24)18-8-6-13-23(18)3/h6,8-10,13,15,19,22H,4-5,7,11-12,14H2,1-3H3/t19-/m0/s1. The van der Waals surface area contributed by atoms with Crippen LogP contribution in [0.2, 0.25) is 0 Å². The summed E-state index contributed by atoms with van der Waals surface area (Å²) in [6, 6.07) is 9.46. The van der Waals surface area contributed by atoms with Gasteiger partial charge in [0.15, 0.2) is 0 Å². The topological polar surface area (TPSA) is 71.4 Å². The lowest BCUT2D eigenvalue weighted by atomic mass is 9.99. The second-order valence-electron chi connectivity index (χ2n) is 7.56. The molecular weight excluding hydrogens is 374 g/mol. The molecule has 1 atom stereocenters. The number of hydrogen-bond acceptors (Lipinski definition) is 3. The maximum Gasteiger partial charge on any atom is 0.240 e. The van der Waals surface area contributed by atoms with E-state index >= 15 is 0 Å². The smallest absolute Gasteiger partial charge is 0.240 e. The molecule has 1 N–H and O–H groups in total. The molecule has 7 heteroatoms. The third-order valence-corrected chi connectivity index (χ3v) is 7.02. The predicted molar refractivity (Wildman–Crippen MR) is 109 cm³/mol. The van der Waals surface area contributed by atoms with Crippen LogP contribution in [0.3, 0.4) is 0 Å². The Kier molecular flexibility index (Phi) is 6.25. The largest absolute Gasteiger partial charge is 0.353 e. The summed E-state index contributed by atoms with van der Waals surface area (Å²) < 4.78 is 29.9. The Bertz CT molecular complexity index is 950. The molecule has 1 aromatic carbocycles. The van der Waals surface area contributed by atoms with Crippen LogP contribution in [0.4, 0.5) is 0 Å². The van der Waals surface area contributed by atoms with E-state index in [1.54, 1.807) is 19.1 Å². The number of benzene rings is 1. The molecule has 3 rings (SSSR count). The highest BCUT2D eigenvalue weighted by Gasteiger charge is 2.29. The van der Waals surface area contributed by atoms with Crippen molar-refractivity contribution in [2.24, 2.45) is 7.05 Å². The van der Waals surface area contributed by atoms with Crippen molar-refractivity contribution in [3.63, 3.8) is 0 Å². The molecule has 0 aliphatic carbocycles. The van der Waals surface area contributed by atoms with Gasteiger partial charge in [0, 0.05) is 38.4 Å². The van der Waals surface area contributed by atoms with E-state index in [-0.39, 0.29) is 29.8 Å². The quantitative estimate of drug-likeness (QED) is 0.806. The van der Waals surface area contributed by atoms with E-state index in [1.807, 2.05) is 37.2 Å². The third kappa shape index (κ3) is 4.47. The summed E-state index contributed by atoms with van der Waals surface area (Å²) in [7, 11) is -1.64. The van der Waals surface area contributed by atoms with Crippen molar-refractivity contribution in [1.82, 2.24) is 14.2 Å². The van der Waals surface area contributed by atoms with Gasteiger partial charge in [-0.05, 0) is 62.4 Å². The van der Waals surface area contributed by atoms with E-state index in [0.29, 0.717) is 5.56 Å². The van der Waals surface area contributed by atoms with Crippen LogP contribution < -0.4 is 4.72 Å². The second kappa shape index (κ2) is 8.49. The molecule has 1 aliphatic rings. The SMILES string of the molecule is Cc1ccc(C)c(S(=O)(=O)NCCC(=O)N2CCCC[C@H]2c2cccn2C)c1. The van der Waals surface area contributed by atoms with Crippen molar-refractivity contribution in [3.8, 4) is 0 Å². The summed E-state index contributed by atoms with van der Waals surface area (Å²) in [5.74, 6) is -0.00503. The maximum absolute atomic E-state index is 12.8. The normalized spacial score (nSPS) is 17.7. The van der Waals surface area contributed by atoms with Crippen molar-refractivity contribution >= 4 is 15.9 Å². The first-order valence-corrected chi connectivity index (χ1v) is 11.3. The fourth-order valence-electron chi connectivity index (χ4n) is 3.87. The van der Waals surface area contributed by atoms with E-state index in [1.165, 1.54) is 0 Å². The van der Waals surface area contributed by atoms with E-state index in [0.717, 1.165) is 37.1 Å². The molecule has 0 radical (unpaired) electrons. The van der Waals surface area contributed by atoms with E-state index in [4.69, 9.17) is 0 Å². The molecule has 152 valence electrons. The monoisotopic (exact) mass is 403 g/mol. The van der Waals surface area contributed by atoms with Gasteiger partial charge in [-0.1, -0.05) is 12.1 Å². The number of likely N-dealkylation sites (tertiary alicyclic amines) is 1. The van der Waals surface area contributed by atoms with Crippen molar-refractivity contribution < 1.29 is 13.2 Å². The van der Waals surface area contributed by atoms with Crippen molar-refractivity contribution in [2.75, 3.05) is 13.1 Å². The van der Waals surface area contributed by atoms with Gasteiger partial charge in [0.25, 0.3) is 0 Å². The molecule has 0 bridgehead atoms. The number of nitrogens with one attached hydrogen (secondary N) is 1. The molecule has 1 fully saturated rings. The first kappa shape index (κ1) is 20.6. The average molecular weight is 404 g/mol. The van der Waals surface area contributed by atoms with Gasteiger partial charge in [0.1, 0.15) is 0 Å². The first-order valence-electron chi connectivity index (χ1n) is 9.77. The van der Waals surface area contributed by atoms with Gasteiger partial charge in [-0.2, -0.15) is 0 Å². The highest BCUT2D eigenvalue weighted by Crippen LogP contribution is 2.31. The van der Waals surface area contributed by atoms with E-state index in [9.17, 15) is 13.2 Å². The lowest BCUT2D eigenvalue weighted by Gasteiger charge is -2.36. The summed E-state index contributed by atoms with van der Waals surface area (Å²) in [6.07, 6.45) is 5.17. The molecule has 6 nitrogen and oxygen atoms in total. The number of aryl methyl sites for hydroxylation is 3. The Labute approximate surface area is 167 Å². The first-order chi connectivity index (χ1) is 13.3. The number of amides is 1. The molecule has 1 amide bonds. The minimum atomic E-state index is -3.63. The minimum absolute atomic E-state index is 0.00503. The van der Waals surface area contributed by atoms with Gasteiger partial charge in [-0.15, -0.1) is 0 Å². The van der Waals surface area contributed by atoms with Crippen LogP contribution in [-0.2, 0) is 21.9 Å². The zero-order valence-corrected chi connectivity index (χ0v) is 17.6. The van der Waals surface area contributed by atoms with E-state index < -0.39 is 10.0 Å². The number of aromatic nitrogens is 1. The number of sulfonamides is 1. The second-order valence-corrected chi connectivity index (χ2v) is 9.29. The Morgan fingerprint density at radius 3 is 2.71 bits per heavy atom. The Hall–Kier alpha value is -2.12. The summed E-state index contributed by atoms with van der Waals surface area (Å²) in [5, 5.41) is 0. The number of carbonyl (C=O) groups excluding carboxylic acids is 1. The Balaban J connectivity index is 1.64. The van der Waals surface area contributed by atoms with Crippen LogP contribution in [-0.4, -0.2) is 36.9 Å². The number of rotatable bonds is 6. The van der Waals surface area contributed by atoms with Crippen molar-refractivity contribution in [2.45, 2.75) is 50.5 Å². The molecule has 0 unspecified atom stereocenters. The lowest BCUT2D eigenvalue weighted by molar-refractivity contribution is -0.135. The van der Waals surface area contributed by atoms with Gasteiger partial charge >= 0.3 is 0 Å². The molecular formula is C21H29N3O3S. The highest BCUT2D eigenvalue weighted by atomic mass is 32.2. The molecule has 1 saturated heterocycles. The number of hydrogen-bond donors (Lipinski definition) is 1. The van der Waals surface area contributed by atoms with Crippen LogP contribution in [0, 0.1) is 13.8 Å². The Morgan fingerprint density at radius 1 is 1.21 bits per heavy atom. The molecule has 0 saturated carbocycles. The molecule has 1 aliphatic heterocycles. The summed E-state index contributed by atoms with van der Waals surface area (Å²) in [4.78, 5) is 15.0. The minimum Gasteiger partial charge on any atom is -0.353 e. The van der Waals surface area contributed by atoms with Crippen molar-refractivity contribution in [3.05, 3.63) is 53.3 Å². The Morgan fingerprint density at radius 2 is 2.00 bits per heavy atom. The zero-order valence-electron chi connectivity index (χ0n) is 16.8. The van der Waals surface area contributed by atoms with E-state index in [2.05, 4.69) is 15.4 Å². The molecule has 2 heterocycles. The number of piperidine rings is 1. The fraction of sp³-hybridized carbons (Fsp3) is 0.476. The molecule has 0 spiro atoms. The van der Waals surface area contributed by atoms with Gasteiger partial charge in [-0.3, -0.25) is 4.79 Å². The summed E-state index contributed by atoms with van der Waals surface area (Å²) in [5.41, 5.74) is 2.72. The van der Waals surface area contributed by atoms with Crippen LogP contribution >= 0.6 is 0 Å². The number of carbonyl (C=O) groups is 1. The van der Waals surface area contributed by atoms with Crippen LogP contribution in [0.1, 0.15) is 48.5 Å². The van der Waals surface area contributed by atoms with Crippen molar-refractivity contribution in [1.29, 1.82) is 0 Å². The summed E-state index contributed by atoms with van der Waals surface area (Å²) >= 11 is 0. The molecule has 2 aromatic rings. The molecule has 28 heavy (non-hydrogen) atoms. The third-order valence-electron chi connectivity index (χ3n) is 5.41. The summed E-state index contributed by atoms with van der Waals surface area (Å²) in [6.45, 7) is 4.46. The fourth-order valence-corrected chi connectivity index (χ4v) is 5.23. The van der Waals surface area contributed by atoms with Crippen LogP contribution in [0.15, 0.2) is 41.4 Å². The highest BCUT2D eigenvalue weighted by molar-refractivity contribution is 7.89. The molecule has 1 aromatic heterocycles. The average Bonchev–Trinajstić information content (AvgIpc) is 3.09. The lowest BCUT2D eigenvalue weighted by Crippen LogP contribution is -2.40. The van der Waals surface area contributed by atoms with Gasteiger partial charge in [-0.25, -0.2) is 13.1 Å². The van der Waals surface area contributed by atoms with Gasteiger partial charge in [0.2, 0.25) is 15.9 Å². The predicted octanol–water partition coefficient (Wildman–Crippen LogP) is 3.06. The number of nitrogens with zero attached hydrogens (tertiary/aromatic N) is 2. The zero-order chi connectivity index (χ0) is 20.3. The maximum atomic E-state index is 12.8. The van der Waals surface area contributed by atoms with Crippen LogP contribution in [0.5, 0.6) is 0 Å².